The fourth-order valence-corrected chi connectivity index (χ4v) is 8.97. The predicted molar refractivity (Wildman–Crippen MR) is 249 cm³/mol. The smallest absolute Gasteiger partial charge is 0.164 e. The zero-order chi connectivity index (χ0) is 42.1. The number of hydrogen-bond donors (Lipinski definition) is 2. The molecule has 2 aliphatic rings. The van der Waals surface area contributed by atoms with Gasteiger partial charge in [0.1, 0.15) is 22.6 Å². The number of nitrogens with zero attached hydrogens (tertiary/aromatic N) is 10. The Morgan fingerprint density at radius 1 is 0.266 bits per heavy atom. The van der Waals surface area contributed by atoms with Crippen LogP contribution in [0.1, 0.15) is 0 Å². The average molecular weight is 823 g/mol. The molecular weight excluding hydrogens is 793 g/mol. The number of aromatic amines is 2. The van der Waals surface area contributed by atoms with E-state index in [-0.39, 0.29) is 0 Å². The lowest BCUT2D eigenvalue weighted by Gasteiger charge is -2.20. The largest absolute Gasteiger partial charge is 0.324 e. The lowest BCUT2D eigenvalue weighted by Crippen LogP contribution is -2.00. The van der Waals surface area contributed by atoms with Crippen molar-refractivity contribution in [2.24, 2.45) is 0 Å². The first-order chi connectivity index (χ1) is 31.7. The topological polar surface area (TPSA) is 160 Å². The van der Waals surface area contributed by atoms with Crippen molar-refractivity contribution in [3.63, 3.8) is 0 Å². The van der Waals surface area contributed by atoms with E-state index in [4.69, 9.17) is 49.8 Å². The number of aromatic nitrogens is 12. The highest BCUT2D eigenvalue weighted by Gasteiger charge is 2.31. The normalized spacial score (nSPS) is 11.8. The zero-order valence-corrected chi connectivity index (χ0v) is 33.6. The highest BCUT2D eigenvalue weighted by Crippen LogP contribution is 2.51. The second kappa shape index (κ2) is 14.2. The first-order valence-electron chi connectivity index (χ1n) is 20.7. The van der Waals surface area contributed by atoms with Gasteiger partial charge >= 0.3 is 0 Å². The summed E-state index contributed by atoms with van der Waals surface area (Å²) >= 11 is 0. The van der Waals surface area contributed by atoms with Gasteiger partial charge in [0.2, 0.25) is 0 Å². The Kier molecular flexibility index (Phi) is 7.90. The summed E-state index contributed by atoms with van der Waals surface area (Å²) in [6.07, 6.45) is 7.20. The van der Waals surface area contributed by atoms with Gasteiger partial charge in [0.15, 0.2) is 23.3 Å². The minimum atomic E-state index is 0.482. The number of H-pyrrole nitrogens is 2. The van der Waals surface area contributed by atoms with Crippen LogP contribution >= 0.6 is 0 Å². The highest BCUT2D eigenvalue weighted by atomic mass is 15.1. The minimum absolute atomic E-state index is 0.482. The molecule has 64 heavy (non-hydrogen) atoms. The van der Waals surface area contributed by atoms with E-state index in [0.29, 0.717) is 57.3 Å². The maximum Gasteiger partial charge on any atom is 0.164 e. The number of hydrogen-bond acceptors (Lipinski definition) is 10. The second-order valence-corrected chi connectivity index (χ2v) is 15.4. The Morgan fingerprint density at radius 2 is 0.562 bits per heavy atom. The summed E-state index contributed by atoms with van der Waals surface area (Å²) < 4.78 is 0. The number of nitrogens with one attached hydrogen (secondary N) is 2. The maximum absolute atomic E-state index is 5.49. The Hall–Kier alpha value is -9.16. The Labute approximate surface area is 363 Å². The van der Waals surface area contributed by atoms with Gasteiger partial charge in [0.05, 0.1) is 22.8 Å². The third-order valence-corrected chi connectivity index (χ3v) is 11.7. The number of pyridine rings is 4. The molecule has 0 aliphatic carbocycles. The molecule has 298 valence electrons. The molecule has 0 saturated carbocycles. The fraction of sp³-hybridized carbons (Fsp3) is 0. The van der Waals surface area contributed by atoms with Crippen LogP contribution in [0.3, 0.4) is 0 Å². The van der Waals surface area contributed by atoms with Crippen molar-refractivity contribution >= 4 is 44.1 Å². The van der Waals surface area contributed by atoms with E-state index in [9.17, 15) is 0 Å². The first kappa shape index (κ1) is 35.6. The van der Waals surface area contributed by atoms with Crippen LogP contribution in [0, 0.1) is 0 Å². The number of fused-ring (bicyclic) bond motifs is 20. The molecule has 7 aromatic heterocycles. The van der Waals surface area contributed by atoms with Crippen molar-refractivity contribution in [3.8, 4) is 90.6 Å². The summed E-state index contributed by atoms with van der Waals surface area (Å²) in [6.45, 7) is 0. The third-order valence-electron chi connectivity index (χ3n) is 11.7. The molecule has 12 nitrogen and oxygen atoms in total. The standard InChI is InChI=1S/C52H30N12/c1-2-16-30-29(15-1)45-57-46(30)59-48-32-18-4-6-20-34(32)50(61-48)63-52-44-42(38-24-10-14-28-56-38)40(36-22-8-12-26-54-36)39(35-21-7-11-25-53-35)41(37-23-9-13-27-55-37)43(44)51(64-52)62-49-33-19-5-3-17-31(33)47(58-45)60-49/h1-28H,(H2,57,58,59,60,61,62,63,64). The molecule has 0 atom stereocenters. The molecule has 0 spiro atoms. The Bertz CT molecular complexity index is 3590. The number of benzene rings is 4. The van der Waals surface area contributed by atoms with Crippen LogP contribution in [0.5, 0.6) is 0 Å². The van der Waals surface area contributed by atoms with Crippen LogP contribution in [-0.2, 0) is 0 Å². The molecule has 9 heterocycles. The van der Waals surface area contributed by atoms with Gasteiger partial charge in [0, 0.05) is 90.8 Å². The second-order valence-electron chi connectivity index (χ2n) is 15.4. The van der Waals surface area contributed by atoms with Gasteiger partial charge in [-0.25, -0.2) is 29.9 Å². The van der Waals surface area contributed by atoms with Crippen LogP contribution in [-0.4, -0.2) is 59.8 Å². The van der Waals surface area contributed by atoms with Gasteiger partial charge in [0.25, 0.3) is 0 Å². The van der Waals surface area contributed by atoms with Crippen molar-refractivity contribution in [2.45, 2.75) is 0 Å². The van der Waals surface area contributed by atoms with Gasteiger partial charge in [-0.1, -0.05) is 97.1 Å². The van der Waals surface area contributed by atoms with Gasteiger partial charge in [-0.15, -0.1) is 0 Å². The Morgan fingerprint density at radius 3 is 0.906 bits per heavy atom. The van der Waals surface area contributed by atoms with Gasteiger partial charge in [-0.05, 0) is 48.5 Å². The van der Waals surface area contributed by atoms with Crippen LogP contribution in [0.2, 0.25) is 0 Å². The van der Waals surface area contributed by atoms with Crippen molar-refractivity contribution in [3.05, 3.63) is 170 Å². The first-order valence-corrected chi connectivity index (χ1v) is 20.7. The number of rotatable bonds is 4. The van der Waals surface area contributed by atoms with Crippen LogP contribution in [0.4, 0.5) is 0 Å². The third kappa shape index (κ3) is 5.56. The SMILES string of the molecule is c1ccc(-c2c(-c3ccccn3)c(-c3ccccn3)c3c4nc5nc(nc6[nH]c(nc7nc(nc([nH]4)c3c2-c2ccccn2)-c2ccccc2-7)c2ccccc62)-c2ccccc2-5)nc1. The van der Waals surface area contributed by atoms with Crippen molar-refractivity contribution in [1.29, 1.82) is 0 Å². The van der Waals surface area contributed by atoms with E-state index in [1.54, 1.807) is 24.8 Å². The van der Waals surface area contributed by atoms with E-state index in [0.717, 1.165) is 77.4 Å². The molecule has 0 unspecified atom stereocenters. The van der Waals surface area contributed by atoms with E-state index >= 15 is 0 Å². The van der Waals surface area contributed by atoms with Gasteiger partial charge in [-0.3, -0.25) is 19.9 Å². The predicted octanol–water partition coefficient (Wildman–Crippen LogP) is 11.1. The molecule has 13 rings (SSSR count). The lowest BCUT2D eigenvalue weighted by atomic mass is 9.84. The lowest BCUT2D eigenvalue weighted by molar-refractivity contribution is 1.19. The summed E-state index contributed by atoms with van der Waals surface area (Å²) in [7, 11) is 0. The molecule has 4 aromatic carbocycles. The maximum atomic E-state index is 5.49. The van der Waals surface area contributed by atoms with Crippen LogP contribution in [0.15, 0.2) is 170 Å². The molecule has 8 bridgehead atoms. The van der Waals surface area contributed by atoms with Crippen molar-refractivity contribution in [1.82, 2.24) is 59.8 Å². The molecular formula is C52H30N12. The summed E-state index contributed by atoms with van der Waals surface area (Å²) in [4.78, 5) is 59.1. The summed E-state index contributed by atoms with van der Waals surface area (Å²) in [5, 5.41) is 3.30. The Balaban J connectivity index is 1.32. The van der Waals surface area contributed by atoms with Gasteiger partial charge < -0.3 is 9.97 Å². The van der Waals surface area contributed by atoms with Crippen molar-refractivity contribution < 1.29 is 0 Å². The molecule has 0 amide bonds. The molecule has 0 radical (unpaired) electrons. The molecule has 0 fully saturated rings. The fourth-order valence-electron chi connectivity index (χ4n) is 8.97. The van der Waals surface area contributed by atoms with E-state index in [2.05, 4.69) is 9.97 Å². The average Bonchev–Trinajstić information content (AvgIpc) is 4.10. The summed E-state index contributed by atoms with van der Waals surface area (Å²) in [5.41, 5.74) is 11.7. The van der Waals surface area contributed by atoms with E-state index in [1.807, 2.05) is 146 Å². The van der Waals surface area contributed by atoms with Gasteiger partial charge in [-0.2, -0.15) is 0 Å². The summed E-state index contributed by atoms with van der Waals surface area (Å²) in [5.74, 6) is 2.00. The molecule has 12 heteroatoms. The monoisotopic (exact) mass is 822 g/mol. The highest BCUT2D eigenvalue weighted by molar-refractivity contribution is 6.25. The van der Waals surface area contributed by atoms with E-state index in [1.165, 1.54) is 0 Å². The molecule has 2 aliphatic heterocycles. The molecule has 11 aromatic rings. The minimum Gasteiger partial charge on any atom is -0.324 e. The quantitative estimate of drug-likeness (QED) is 0.175. The van der Waals surface area contributed by atoms with Crippen molar-refractivity contribution in [2.75, 3.05) is 0 Å². The van der Waals surface area contributed by atoms with E-state index < -0.39 is 0 Å². The van der Waals surface area contributed by atoms with Crippen LogP contribution in [0.25, 0.3) is 135 Å². The summed E-state index contributed by atoms with van der Waals surface area (Å²) in [6, 6.07) is 47.8. The zero-order valence-electron chi connectivity index (χ0n) is 33.6. The van der Waals surface area contributed by atoms with Crippen LogP contribution < -0.4 is 0 Å². The molecule has 2 N–H and O–H groups in total. The molecule has 0 saturated heterocycles.